The third-order valence-electron chi connectivity index (χ3n) is 3.34. The van der Waals surface area contributed by atoms with Crippen molar-refractivity contribution < 1.29 is 9.53 Å². The minimum absolute atomic E-state index is 0.217. The van der Waals surface area contributed by atoms with E-state index in [4.69, 9.17) is 10.5 Å². The zero-order chi connectivity index (χ0) is 13.5. The molecule has 1 aromatic carbocycles. The maximum Gasteiger partial charge on any atom is 0.163 e. The second-order valence-corrected chi connectivity index (χ2v) is 5.22. The second kappa shape index (κ2) is 7.29. The van der Waals surface area contributed by atoms with Crippen LogP contribution in [0.15, 0.2) is 24.3 Å². The Bertz CT molecular complexity index is 413. The molecule has 0 atom stereocenters. The van der Waals surface area contributed by atoms with Gasteiger partial charge in [-0.1, -0.05) is 25.0 Å². The Kier molecular flexibility index (Phi) is 5.40. The molecule has 0 heterocycles. The summed E-state index contributed by atoms with van der Waals surface area (Å²) in [6, 6.07) is 7.58. The maximum atomic E-state index is 12.1. The quantitative estimate of drug-likeness (QED) is 0.548. The normalized spacial score (nSPS) is 14.4. The molecule has 0 bridgehead atoms. The van der Waals surface area contributed by atoms with Crippen LogP contribution in [0.3, 0.4) is 0 Å². The first-order valence-electron chi connectivity index (χ1n) is 7.29. The minimum Gasteiger partial charge on any atom is -0.490 e. The molecule has 0 amide bonds. The van der Waals surface area contributed by atoms with E-state index in [1.807, 2.05) is 24.3 Å². The van der Waals surface area contributed by atoms with Crippen molar-refractivity contribution in [2.45, 2.75) is 51.0 Å². The van der Waals surface area contributed by atoms with Gasteiger partial charge in [-0.05, 0) is 44.4 Å². The molecule has 1 saturated carbocycles. The molecule has 19 heavy (non-hydrogen) atoms. The lowest BCUT2D eigenvalue weighted by Gasteiger charge is -2.06. The molecule has 3 nitrogen and oxygen atoms in total. The van der Waals surface area contributed by atoms with Crippen LogP contribution in [-0.4, -0.2) is 18.4 Å². The fraction of sp³-hybridized carbons (Fsp3) is 0.562. The fourth-order valence-electron chi connectivity index (χ4n) is 2.05. The van der Waals surface area contributed by atoms with Crippen LogP contribution in [0, 0.1) is 0 Å². The van der Waals surface area contributed by atoms with Crippen molar-refractivity contribution in [2.75, 3.05) is 6.54 Å². The molecule has 1 aliphatic carbocycles. The van der Waals surface area contributed by atoms with Crippen LogP contribution in [0.4, 0.5) is 0 Å². The topological polar surface area (TPSA) is 52.3 Å². The molecule has 104 valence electrons. The van der Waals surface area contributed by atoms with E-state index in [0.29, 0.717) is 12.5 Å². The van der Waals surface area contributed by atoms with E-state index < -0.39 is 0 Å². The second-order valence-electron chi connectivity index (χ2n) is 5.22. The zero-order valence-electron chi connectivity index (χ0n) is 11.4. The first-order valence-corrected chi connectivity index (χ1v) is 7.29. The van der Waals surface area contributed by atoms with E-state index in [-0.39, 0.29) is 5.78 Å². The molecule has 3 heteroatoms. The monoisotopic (exact) mass is 261 g/mol. The Morgan fingerprint density at radius 2 is 2.00 bits per heavy atom. The molecule has 0 aliphatic heterocycles. The molecule has 1 aromatic rings. The Morgan fingerprint density at radius 3 is 2.74 bits per heavy atom. The Balaban J connectivity index is 1.77. The van der Waals surface area contributed by atoms with Crippen molar-refractivity contribution in [3.05, 3.63) is 29.8 Å². The summed E-state index contributed by atoms with van der Waals surface area (Å²) in [5.74, 6) is 1.05. The summed E-state index contributed by atoms with van der Waals surface area (Å²) in [6.07, 6.45) is 7.48. The number of ether oxygens (including phenoxy) is 1. The molecule has 2 rings (SSSR count). The van der Waals surface area contributed by atoms with Crippen molar-refractivity contribution >= 4 is 5.78 Å². The molecule has 1 aliphatic rings. The van der Waals surface area contributed by atoms with Crippen LogP contribution in [0.2, 0.25) is 0 Å². The number of nitrogens with two attached hydrogens (primary N) is 1. The fourth-order valence-corrected chi connectivity index (χ4v) is 2.05. The third-order valence-corrected chi connectivity index (χ3v) is 3.34. The van der Waals surface area contributed by atoms with Gasteiger partial charge in [-0.25, -0.2) is 0 Å². The summed E-state index contributed by atoms with van der Waals surface area (Å²) in [5.41, 5.74) is 6.22. The van der Waals surface area contributed by atoms with Crippen LogP contribution in [-0.2, 0) is 0 Å². The number of benzene rings is 1. The van der Waals surface area contributed by atoms with Crippen LogP contribution >= 0.6 is 0 Å². The predicted octanol–water partition coefficient (Wildman–Crippen LogP) is 3.32. The molecule has 0 aromatic heterocycles. The Hall–Kier alpha value is -1.35. The summed E-state index contributed by atoms with van der Waals surface area (Å²) in [5, 5.41) is 0. The molecule has 0 saturated heterocycles. The largest absolute Gasteiger partial charge is 0.490 e. The third kappa shape index (κ3) is 5.03. The van der Waals surface area contributed by atoms with Gasteiger partial charge in [-0.3, -0.25) is 4.79 Å². The van der Waals surface area contributed by atoms with E-state index in [2.05, 4.69) is 0 Å². The molecule has 1 fully saturated rings. The summed E-state index contributed by atoms with van der Waals surface area (Å²) in [4.78, 5) is 12.1. The predicted molar refractivity (Wildman–Crippen MR) is 76.6 cm³/mol. The zero-order valence-corrected chi connectivity index (χ0v) is 11.4. The maximum absolute atomic E-state index is 12.1. The molecule has 0 unspecified atom stereocenters. The van der Waals surface area contributed by atoms with Crippen molar-refractivity contribution in [1.82, 2.24) is 0 Å². The standard InChI is InChI=1S/C16H23NO2/c17-11-4-2-1-3-8-16(18)13-6-5-7-15(12-13)19-14-9-10-14/h5-7,12,14H,1-4,8-11,17H2. The van der Waals surface area contributed by atoms with E-state index in [9.17, 15) is 4.79 Å². The number of hydrogen-bond donors (Lipinski definition) is 1. The van der Waals surface area contributed by atoms with E-state index in [1.165, 1.54) is 0 Å². The smallest absolute Gasteiger partial charge is 0.163 e. The number of Topliss-reactive ketones (excluding diaryl/α,β-unsaturated/α-hetero) is 1. The summed E-state index contributed by atoms with van der Waals surface area (Å²) in [6.45, 7) is 0.745. The lowest BCUT2D eigenvalue weighted by Crippen LogP contribution is -2.02. The Morgan fingerprint density at radius 1 is 1.21 bits per heavy atom. The van der Waals surface area contributed by atoms with Crippen molar-refractivity contribution in [3.63, 3.8) is 0 Å². The average Bonchev–Trinajstić information content (AvgIpc) is 3.22. The summed E-state index contributed by atoms with van der Waals surface area (Å²) < 4.78 is 5.71. The number of ketones is 1. The molecule has 0 radical (unpaired) electrons. The average molecular weight is 261 g/mol. The van der Waals surface area contributed by atoms with Gasteiger partial charge in [0.05, 0.1) is 6.10 Å². The summed E-state index contributed by atoms with van der Waals surface area (Å²) >= 11 is 0. The van der Waals surface area contributed by atoms with Crippen molar-refractivity contribution in [3.8, 4) is 5.75 Å². The highest BCUT2D eigenvalue weighted by atomic mass is 16.5. The van der Waals surface area contributed by atoms with Gasteiger partial charge in [0.1, 0.15) is 5.75 Å². The number of rotatable bonds is 9. The van der Waals surface area contributed by atoms with Crippen LogP contribution in [0.25, 0.3) is 0 Å². The van der Waals surface area contributed by atoms with E-state index >= 15 is 0 Å². The molecular weight excluding hydrogens is 238 g/mol. The lowest BCUT2D eigenvalue weighted by atomic mass is 10.0. The first-order chi connectivity index (χ1) is 9.29. The lowest BCUT2D eigenvalue weighted by molar-refractivity contribution is 0.0978. The minimum atomic E-state index is 0.217. The van der Waals surface area contributed by atoms with Gasteiger partial charge < -0.3 is 10.5 Å². The molecule has 2 N–H and O–H groups in total. The van der Waals surface area contributed by atoms with E-state index in [0.717, 1.165) is 56.4 Å². The highest BCUT2D eigenvalue weighted by Crippen LogP contribution is 2.27. The SMILES string of the molecule is NCCCCCCC(=O)c1cccc(OC2CC2)c1. The molecule has 0 spiro atoms. The van der Waals surface area contributed by atoms with Gasteiger partial charge in [0.25, 0.3) is 0 Å². The van der Waals surface area contributed by atoms with Crippen LogP contribution < -0.4 is 10.5 Å². The van der Waals surface area contributed by atoms with Crippen molar-refractivity contribution in [2.24, 2.45) is 5.73 Å². The number of carbonyl (C=O) groups is 1. The number of hydrogen-bond acceptors (Lipinski definition) is 3. The molecular formula is C16H23NO2. The van der Waals surface area contributed by atoms with Crippen molar-refractivity contribution in [1.29, 1.82) is 0 Å². The highest BCUT2D eigenvalue weighted by molar-refractivity contribution is 5.96. The van der Waals surface area contributed by atoms with Gasteiger partial charge in [0.15, 0.2) is 5.78 Å². The number of carbonyl (C=O) groups excluding carboxylic acids is 1. The van der Waals surface area contributed by atoms with Gasteiger partial charge in [0, 0.05) is 12.0 Å². The first kappa shape index (κ1) is 14.1. The van der Waals surface area contributed by atoms with Gasteiger partial charge in [-0.15, -0.1) is 0 Å². The van der Waals surface area contributed by atoms with Gasteiger partial charge >= 0.3 is 0 Å². The highest BCUT2D eigenvalue weighted by Gasteiger charge is 2.23. The van der Waals surface area contributed by atoms with Gasteiger partial charge in [0.2, 0.25) is 0 Å². The number of unbranched alkanes of at least 4 members (excludes halogenated alkanes) is 3. The summed E-state index contributed by atoms with van der Waals surface area (Å²) in [7, 11) is 0. The Labute approximate surface area is 115 Å². The van der Waals surface area contributed by atoms with Crippen LogP contribution in [0.1, 0.15) is 55.3 Å². The van der Waals surface area contributed by atoms with Gasteiger partial charge in [-0.2, -0.15) is 0 Å². The van der Waals surface area contributed by atoms with E-state index in [1.54, 1.807) is 0 Å². The van der Waals surface area contributed by atoms with Crippen LogP contribution in [0.5, 0.6) is 5.75 Å².